The minimum atomic E-state index is -0.0179. The number of amides is 2. The average Bonchev–Trinajstić information content (AvgIpc) is 3.29. The van der Waals surface area contributed by atoms with Crippen molar-refractivity contribution in [2.24, 2.45) is 0 Å². The summed E-state index contributed by atoms with van der Waals surface area (Å²) >= 11 is 0. The zero-order valence-corrected chi connectivity index (χ0v) is 20.4. The number of aryl methyl sites for hydroxylation is 3. The van der Waals surface area contributed by atoms with Gasteiger partial charge in [0.25, 0.3) is 5.91 Å². The van der Waals surface area contributed by atoms with E-state index in [0.717, 1.165) is 22.7 Å². The lowest BCUT2D eigenvalue weighted by Gasteiger charge is -2.34. The van der Waals surface area contributed by atoms with Crippen molar-refractivity contribution in [3.8, 4) is 0 Å². The van der Waals surface area contributed by atoms with Crippen LogP contribution in [0, 0.1) is 27.7 Å². The number of furan rings is 1. The molecule has 0 unspecified atom stereocenters. The normalized spacial score (nSPS) is 14.4. The van der Waals surface area contributed by atoms with E-state index in [1.54, 1.807) is 6.07 Å². The van der Waals surface area contributed by atoms with E-state index in [2.05, 4.69) is 27.4 Å². The quantitative estimate of drug-likeness (QED) is 0.583. The van der Waals surface area contributed by atoms with Gasteiger partial charge >= 0.3 is 0 Å². The second kappa shape index (κ2) is 10.3. The molecule has 1 N–H and O–H groups in total. The van der Waals surface area contributed by atoms with E-state index in [1.807, 2.05) is 55.5 Å². The van der Waals surface area contributed by atoms with Crippen LogP contribution in [0.4, 0.5) is 0 Å². The fourth-order valence-corrected chi connectivity index (χ4v) is 4.47. The highest BCUT2D eigenvalue weighted by atomic mass is 16.3. The molecule has 1 fully saturated rings. The topological polar surface area (TPSA) is 83.6 Å². The summed E-state index contributed by atoms with van der Waals surface area (Å²) in [5.74, 6) is 1.38. The SMILES string of the molecule is Cc1cc(C(=O)N2CCN(CC(=O)NCc3c(C)nn(Cc4ccccc4)c3C)CC2)c(C)o1. The fourth-order valence-electron chi connectivity index (χ4n) is 4.47. The van der Waals surface area contributed by atoms with Crippen LogP contribution in [0.2, 0.25) is 0 Å². The van der Waals surface area contributed by atoms with Crippen molar-refractivity contribution in [3.63, 3.8) is 0 Å². The van der Waals surface area contributed by atoms with Gasteiger partial charge in [0.05, 0.1) is 24.3 Å². The van der Waals surface area contributed by atoms with Crippen molar-refractivity contribution in [2.45, 2.75) is 40.8 Å². The van der Waals surface area contributed by atoms with Gasteiger partial charge in [-0.1, -0.05) is 30.3 Å². The highest BCUT2D eigenvalue weighted by molar-refractivity contribution is 5.95. The highest BCUT2D eigenvalue weighted by Crippen LogP contribution is 2.17. The molecule has 0 aliphatic carbocycles. The minimum Gasteiger partial charge on any atom is -0.466 e. The molecule has 34 heavy (non-hydrogen) atoms. The first-order valence-corrected chi connectivity index (χ1v) is 11.7. The standard InChI is InChI=1S/C26H33N5O3/c1-18-14-23(21(4)34-18)26(33)30-12-10-29(11-13-30)17-25(32)27-15-24-19(2)28-31(20(24)3)16-22-8-6-5-7-9-22/h5-9,14H,10-13,15-17H2,1-4H3,(H,27,32). The van der Waals surface area contributed by atoms with Crippen LogP contribution in [0.5, 0.6) is 0 Å². The molecule has 0 spiro atoms. The number of carbonyl (C=O) groups is 2. The van der Waals surface area contributed by atoms with E-state index < -0.39 is 0 Å². The van der Waals surface area contributed by atoms with Crippen LogP contribution >= 0.6 is 0 Å². The van der Waals surface area contributed by atoms with Crippen LogP contribution in [0.1, 0.15) is 44.4 Å². The number of hydrogen-bond acceptors (Lipinski definition) is 5. The summed E-state index contributed by atoms with van der Waals surface area (Å²) in [6.07, 6.45) is 0. The summed E-state index contributed by atoms with van der Waals surface area (Å²) in [7, 11) is 0. The van der Waals surface area contributed by atoms with Crippen molar-refractivity contribution in [3.05, 3.63) is 76.0 Å². The van der Waals surface area contributed by atoms with E-state index >= 15 is 0 Å². The van der Waals surface area contributed by atoms with Crippen LogP contribution < -0.4 is 5.32 Å². The number of hydrogen-bond donors (Lipinski definition) is 1. The number of nitrogens with one attached hydrogen (secondary N) is 1. The van der Waals surface area contributed by atoms with E-state index in [1.165, 1.54) is 5.56 Å². The first-order chi connectivity index (χ1) is 16.3. The highest BCUT2D eigenvalue weighted by Gasteiger charge is 2.25. The third kappa shape index (κ3) is 5.39. The molecule has 2 aromatic heterocycles. The molecule has 0 bridgehead atoms. The van der Waals surface area contributed by atoms with Gasteiger partial charge in [0.1, 0.15) is 11.5 Å². The monoisotopic (exact) mass is 463 g/mol. The van der Waals surface area contributed by atoms with Gasteiger partial charge < -0.3 is 14.6 Å². The Morgan fingerprint density at radius 2 is 1.74 bits per heavy atom. The Bertz CT molecular complexity index is 1160. The molecule has 1 aromatic carbocycles. The van der Waals surface area contributed by atoms with Crippen LogP contribution in [0.15, 0.2) is 40.8 Å². The van der Waals surface area contributed by atoms with Gasteiger partial charge in [-0.2, -0.15) is 5.10 Å². The average molecular weight is 464 g/mol. The molecule has 4 rings (SSSR count). The number of rotatable bonds is 7. The smallest absolute Gasteiger partial charge is 0.257 e. The van der Waals surface area contributed by atoms with E-state index in [-0.39, 0.29) is 11.8 Å². The molecule has 1 aliphatic rings. The molecule has 0 radical (unpaired) electrons. The summed E-state index contributed by atoms with van der Waals surface area (Å²) < 4.78 is 7.49. The fraction of sp³-hybridized carbons (Fsp3) is 0.423. The molecule has 0 atom stereocenters. The Kier molecular flexibility index (Phi) is 7.17. The Labute approximate surface area is 200 Å². The first-order valence-electron chi connectivity index (χ1n) is 11.7. The molecule has 1 aliphatic heterocycles. The van der Waals surface area contributed by atoms with Crippen molar-refractivity contribution in [1.29, 1.82) is 0 Å². The Morgan fingerprint density at radius 3 is 2.38 bits per heavy atom. The predicted molar refractivity (Wildman–Crippen MR) is 130 cm³/mol. The molecule has 0 saturated carbocycles. The molecule has 8 nitrogen and oxygen atoms in total. The zero-order valence-electron chi connectivity index (χ0n) is 20.4. The van der Waals surface area contributed by atoms with Crippen molar-refractivity contribution in [1.82, 2.24) is 24.9 Å². The van der Waals surface area contributed by atoms with Gasteiger partial charge in [0.2, 0.25) is 5.91 Å². The summed E-state index contributed by atoms with van der Waals surface area (Å²) in [5.41, 5.74) is 4.89. The summed E-state index contributed by atoms with van der Waals surface area (Å²) in [4.78, 5) is 29.3. The lowest BCUT2D eigenvalue weighted by atomic mass is 10.2. The van der Waals surface area contributed by atoms with Gasteiger partial charge in [-0.25, -0.2) is 0 Å². The Balaban J connectivity index is 1.26. The van der Waals surface area contributed by atoms with Crippen LogP contribution in [0.25, 0.3) is 0 Å². The lowest BCUT2D eigenvalue weighted by molar-refractivity contribution is -0.122. The molecular formula is C26H33N5O3. The third-order valence-electron chi connectivity index (χ3n) is 6.47. The number of nitrogens with zero attached hydrogens (tertiary/aromatic N) is 4. The summed E-state index contributed by atoms with van der Waals surface area (Å²) in [6.45, 7) is 11.7. The van der Waals surface area contributed by atoms with Crippen molar-refractivity contribution >= 4 is 11.8 Å². The largest absolute Gasteiger partial charge is 0.466 e. The maximum Gasteiger partial charge on any atom is 0.257 e. The third-order valence-corrected chi connectivity index (χ3v) is 6.47. The second-order valence-electron chi connectivity index (χ2n) is 8.96. The van der Waals surface area contributed by atoms with E-state index in [0.29, 0.717) is 57.1 Å². The van der Waals surface area contributed by atoms with Gasteiger partial charge in [0.15, 0.2) is 0 Å². The van der Waals surface area contributed by atoms with Gasteiger partial charge in [-0.3, -0.25) is 19.2 Å². The maximum atomic E-state index is 12.8. The Morgan fingerprint density at radius 1 is 1.03 bits per heavy atom. The number of aromatic nitrogens is 2. The Hall–Kier alpha value is -3.39. The van der Waals surface area contributed by atoms with Gasteiger partial charge in [-0.15, -0.1) is 0 Å². The number of benzene rings is 1. The van der Waals surface area contributed by atoms with E-state index in [4.69, 9.17) is 4.42 Å². The molecule has 3 aromatic rings. The number of carbonyl (C=O) groups excluding carboxylic acids is 2. The zero-order chi connectivity index (χ0) is 24.2. The van der Waals surface area contributed by atoms with Crippen LogP contribution in [0.3, 0.4) is 0 Å². The first kappa shape index (κ1) is 23.8. The van der Waals surface area contributed by atoms with Crippen LogP contribution in [-0.2, 0) is 17.9 Å². The summed E-state index contributed by atoms with van der Waals surface area (Å²) in [5, 5.41) is 7.72. The molecule has 8 heteroatoms. The molecule has 1 saturated heterocycles. The van der Waals surface area contributed by atoms with Crippen molar-refractivity contribution in [2.75, 3.05) is 32.7 Å². The van der Waals surface area contributed by atoms with Gasteiger partial charge in [-0.05, 0) is 39.3 Å². The lowest BCUT2D eigenvalue weighted by Crippen LogP contribution is -2.51. The molecule has 2 amide bonds. The second-order valence-corrected chi connectivity index (χ2v) is 8.96. The summed E-state index contributed by atoms with van der Waals surface area (Å²) in [6, 6.07) is 12.0. The maximum absolute atomic E-state index is 12.8. The molecule has 3 heterocycles. The van der Waals surface area contributed by atoms with Crippen LogP contribution in [-0.4, -0.2) is 64.1 Å². The predicted octanol–water partition coefficient (Wildman–Crippen LogP) is 2.83. The van der Waals surface area contributed by atoms with E-state index in [9.17, 15) is 9.59 Å². The van der Waals surface area contributed by atoms with Gasteiger partial charge in [0, 0.05) is 44.0 Å². The van der Waals surface area contributed by atoms with Crippen molar-refractivity contribution < 1.29 is 14.0 Å². The molecular weight excluding hydrogens is 430 g/mol. The number of piperazine rings is 1. The minimum absolute atomic E-state index is 0.00285. The molecule has 180 valence electrons.